The Bertz CT molecular complexity index is 604. The van der Waals surface area contributed by atoms with E-state index in [4.69, 9.17) is 26.8 Å². The van der Waals surface area contributed by atoms with Crippen LogP contribution >= 0.6 is 11.6 Å². The Balaban J connectivity index is 2.15. The summed E-state index contributed by atoms with van der Waals surface area (Å²) in [5, 5.41) is 0.0695. The van der Waals surface area contributed by atoms with Gasteiger partial charge < -0.3 is 15.2 Å². The Morgan fingerprint density at radius 2 is 2.00 bits per heavy atom. The monoisotopic (exact) mass is 295 g/mol. The zero-order valence-electron chi connectivity index (χ0n) is 11.0. The van der Waals surface area contributed by atoms with E-state index in [0.29, 0.717) is 18.0 Å². The zero-order valence-corrected chi connectivity index (χ0v) is 11.8. The first kappa shape index (κ1) is 14.6. The molecule has 3 nitrogen and oxygen atoms in total. The average Bonchev–Trinajstić information content (AvgIpc) is 2.48. The largest absolute Gasteiger partial charge is 0.496 e. The number of ether oxygens (including phenoxy) is 2. The summed E-state index contributed by atoms with van der Waals surface area (Å²) in [7, 11) is 1.59. The third-order valence-corrected chi connectivity index (χ3v) is 3.17. The van der Waals surface area contributed by atoms with Crippen LogP contribution in [0.15, 0.2) is 36.4 Å². The van der Waals surface area contributed by atoms with Crippen molar-refractivity contribution in [1.82, 2.24) is 0 Å². The molecule has 0 aliphatic carbocycles. The van der Waals surface area contributed by atoms with Gasteiger partial charge in [-0.25, -0.2) is 4.39 Å². The molecule has 0 atom stereocenters. The van der Waals surface area contributed by atoms with Crippen molar-refractivity contribution in [1.29, 1.82) is 0 Å². The summed E-state index contributed by atoms with van der Waals surface area (Å²) in [6.07, 6.45) is 0. The highest BCUT2D eigenvalue weighted by Gasteiger charge is 2.07. The summed E-state index contributed by atoms with van der Waals surface area (Å²) in [5.74, 6) is 0.607. The smallest absolute Gasteiger partial charge is 0.145 e. The molecule has 2 N–H and O–H groups in total. The van der Waals surface area contributed by atoms with Crippen LogP contribution in [0.5, 0.6) is 11.5 Å². The summed E-state index contributed by atoms with van der Waals surface area (Å²) >= 11 is 5.62. The second kappa shape index (κ2) is 6.59. The fourth-order valence-corrected chi connectivity index (χ4v) is 1.92. The van der Waals surface area contributed by atoms with Gasteiger partial charge in [0, 0.05) is 18.2 Å². The van der Waals surface area contributed by atoms with Crippen LogP contribution in [0.1, 0.15) is 11.1 Å². The summed E-state index contributed by atoms with van der Waals surface area (Å²) < 4.78 is 24.1. The van der Waals surface area contributed by atoms with E-state index >= 15 is 0 Å². The molecule has 0 bridgehead atoms. The molecule has 0 amide bonds. The van der Waals surface area contributed by atoms with Gasteiger partial charge in [-0.3, -0.25) is 0 Å². The second-order valence-corrected chi connectivity index (χ2v) is 4.62. The predicted molar refractivity (Wildman–Crippen MR) is 76.6 cm³/mol. The van der Waals surface area contributed by atoms with Crippen LogP contribution in [0.2, 0.25) is 5.02 Å². The molecule has 106 valence electrons. The fourth-order valence-electron chi connectivity index (χ4n) is 1.80. The molecule has 2 rings (SSSR count). The molecule has 5 heteroatoms. The first-order valence-electron chi connectivity index (χ1n) is 6.07. The van der Waals surface area contributed by atoms with E-state index in [2.05, 4.69) is 0 Å². The number of nitrogens with two attached hydrogens (primary N) is 1. The Kier molecular flexibility index (Phi) is 4.82. The lowest BCUT2D eigenvalue weighted by Crippen LogP contribution is -2.02. The first-order valence-corrected chi connectivity index (χ1v) is 6.45. The molecule has 0 aliphatic rings. The maximum atomic E-state index is 13.3. The minimum atomic E-state index is -0.508. The van der Waals surface area contributed by atoms with Crippen molar-refractivity contribution < 1.29 is 13.9 Å². The molecule has 0 fully saturated rings. The van der Waals surface area contributed by atoms with Crippen LogP contribution in [0, 0.1) is 5.82 Å². The van der Waals surface area contributed by atoms with Crippen molar-refractivity contribution in [2.45, 2.75) is 13.2 Å². The third-order valence-electron chi connectivity index (χ3n) is 2.87. The van der Waals surface area contributed by atoms with Crippen molar-refractivity contribution in [2.75, 3.05) is 7.11 Å². The molecule has 0 radical (unpaired) electrons. The van der Waals surface area contributed by atoms with Crippen LogP contribution < -0.4 is 15.2 Å². The summed E-state index contributed by atoms with van der Waals surface area (Å²) in [6, 6.07) is 9.96. The summed E-state index contributed by atoms with van der Waals surface area (Å²) in [4.78, 5) is 0. The van der Waals surface area contributed by atoms with Crippen molar-refractivity contribution in [3.8, 4) is 11.5 Å². The number of hydrogen-bond donors (Lipinski definition) is 1. The van der Waals surface area contributed by atoms with E-state index in [-0.39, 0.29) is 11.6 Å². The Hall–Kier alpha value is -1.78. The first-order chi connectivity index (χ1) is 9.63. The minimum Gasteiger partial charge on any atom is -0.496 e. The minimum absolute atomic E-state index is 0.0695. The molecule has 0 saturated carbocycles. The Morgan fingerprint density at radius 3 is 2.65 bits per heavy atom. The van der Waals surface area contributed by atoms with E-state index < -0.39 is 5.82 Å². The maximum Gasteiger partial charge on any atom is 0.145 e. The standard InChI is InChI=1S/C15H15ClFNO2/c1-19-15-5-2-10(8-18)6-11(15)9-20-12-3-4-13(16)14(17)7-12/h2-7H,8-9,18H2,1H3. The lowest BCUT2D eigenvalue weighted by molar-refractivity contribution is 0.295. The SMILES string of the molecule is COc1ccc(CN)cc1COc1ccc(Cl)c(F)c1. The molecule has 2 aromatic carbocycles. The van der Waals surface area contributed by atoms with Gasteiger partial charge in [0.1, 0.15) is 23.9 Å². The van der Waals surface area contributed by atoms with Crippen LogP contribution in [-0.4, -0.2) is 7.11 Å². The van der Waals surface area contributed by atoms with Gasteiger partial charge in [-0.15, -0.1) is 0 Å². The van der Waals surface area contributed by atoms with Crippen LogP contribution in [0.3, 0.4) is 0 Å². The van der Waals surface area contributed by atoms with Gasteiger partial charge in [-0.05, 0) is 29.8 Å². The molecule has 2 aromatic rings. The number of halogens is 2. The van der Waals surface area contributed by atoms with E-state index in [1.807, 2.05) is 18.2 Å². The fraction of sp³-hybridized carbons (Fsp3) is 0.200. The molecule has 0 saturated heterocycles. The highest BCUT2D eigenvalue weighted by atomic mass is 35.5. The summed E-state index contributed by atoms with van der Waals surface area (Å²) in [5.41, 5.74) is 7.44. The van der Waals surface area contributed by atoms with Crippen LogP contribution in [0.4, 0.5) is 4.39 Å². The highest BCUT2D eigenvalue weighted by Crippen LogP contribution is 2.24. The lowest BCUT2D eigenvalue weighted by atomic mass is 10.1. The van der Waals surface area contributed by atoms with Crippen LogP contribution in [-0.2, 0) is 13.2 Å². The molecule has 0 unspecified atom stereocenters. The highest BCUT2D eigenvalue weighted by molar-refractivity contribution is 6.30. The lowest BCUT2D eigenvalue weighted by Gasteiger charge is -2.12. The second-order valence-electron chi connectivity index (χ2n) is 4.21. The maximum absolute atomic E-state index is 13.3. The number of hydrogen-bond acceptors (Lipinski definition) is 3. The van der Waals surface area contributed by atoms with E-state index in [1.165, 1.54) is 12.1 Å². The topological polar surface area (TPSA) is 44.5 Å². The van der Waals surface area contributed by atoms with Gasteiger partial charge in [0.25, 0.3) is 0 Å². The van der Waals surface area contributed by atoms with Gasteiger partial charge in [0.15, 0.2) is 0 Å². The number of methoxy groups -OCH3 is 1. The molecule has 0 heterocycles. The van der Waals surface area contributed by atoms with Gasteiger partial charge in [-0.1, -0.05) is 17.7 Å². The van der Waals surface area contributed by atoms with E-state index in [9.17, 15) is 4.39 Å². The Morgan fingerprint density at radius 1 is 1.20 bits per heavy atom. The average molecular weight is 296 g/mol. The molecule has 20 heavy (non-hydrogen) atoms. The van der Waals surface area contributed by atoms with Crippen molar-refractivity contribution in [3.63, 3.8) is 0 Å². The molecular weight excluding hydrogens is 281 g/mol. The molecule has 0 aliphatic heterocycles. The van der Waals surface area contributed by atoms with E-state index in [0.717, 1.165) is 11.1 Å². The molecule has 0 spiro atoms. The summed E-state index contributed by atoms with van der Waals surface area (Å²) in [6.45, 7) is 0.699. The molecular formula is C15H15ClFNO2. The number of benzene rings is 2. The van der Waals surface area contributed by atoms with Crippen molar-refractivity contribution in [2.24, 2.45) is 5.73 Å². The predicted octanol–water partition coefficient (Wildman–Crippen LogP) is 3.53. The number of rotatable bonds is 5. The Labute approximate surface area is 122 Å². The van der Waals surface area contributed by atoms with Crippen LogP contribution in [0.25, 0.3) is 0 Å². The van der Waals surface area contributed by atoms with Crippen molar-refractivity contribution >= 4 is 11.6 Å². The van der Waals surface area contributed by atoms with Gasteiger partial charge in [0.05, 0.1) is 12.1 Å². The van der Waals surface area contributed by atoms with Crippen molar-refractivity contribution in [3.05, 3.63) is 58.4 Å². The molecule has 0 aromatic heterocycles. The normalized spacial score (nSPS) is 10.4. The zero-order chi connectivity index (χ0) is 14.5. The van der Waals surface area contributed by atoms with Gasteiger partial charge >= 0.3 is 0 Å². The third kappa shape index (κ3) is 3.40. The van der Waals surface area contributed by atoms with Gasteiger partial charge in [0.2, 0.25) is 0 Å². The quantitative estimate of drug-likeness (QED) is 0.918. The van der Waals surface area contributed by atoms with Gasteiger partial charge in [-0.2, -0.15) is 0 Å². The van der Waals surface area contributed by atoms with E-state index in [1.54, 1.807) is 13.2 Å².